The molecule has 2 aromatic rings. The minimum Gasteiger partial charge on any atom is -0.399 e. The average molecular weight is 279 g/mol. The third kappa shape index (κ3) is 3.57. The first kappa shape index (κ1) is 13.6. The number of anilines is 2. The lowest BCUT2D eigenvalue weighted by Crippen LogP contribution is -2.25. The Morgan fingerprint density at radius 2 is 2.11 bits per heavy atom. The number of hydrogen-bond donors (Lipinski definition) is 2. The number of pyridine rings is 1. The van der Waals surface area contributed by atoms with Crippen LogP contribution in [0.25, 0.3) is 10.9 Å². The monoisotopic (exact) mass is 279 g/mol. The van der Waals surface area contributed by atoms with Crippen molar-refractivity contribution in [2.75, 3.05) is 23.1 Å². The summed E-state index contributed by atoms with van der Waals surface area (Å²) < 4.78 is 22.5. The zero-order valence-electron chi connectivity index (χ0n) is 10.9. The van der Waals surface area contributed by atoms with Crippen LogP contribution in [0.2, 0.25) is 0 Å². The Morgan fingerprint density at radius 3 is 2.79 bits per heavy atom. The minimum atomic E-state index is -3.00. The number of sulfone groups is 1. The number of rotatable bonds is 4. The van der Waals surface area contributed by atoms with E-state index in [4.69, 9.17) is 5.73 Å². The maximum absolute atomic E-state index is 11.3. The molecule has 1 atom stereocenters. The summed E-state index contributed by atoms with van der Waals surface area (Å²) in [6, 6.07) is 7.14. The Morgan fingerprint density at radius 1 is 1.37 bits per heavy atom. The van der Waals surface area contributed by atoms with E-state index in [1.54, 1.807) is 18.3 Å². The fraction of sp³-hybridized carbons (Fsp3) is 0.308. The van der Waals surface area contributed by atoms with E-state index in [0.717, 1.165) is 16.6 Å². The molecule has 1 unspecified atom stereocenters. The summed E-state index contributed by atoms with van der Waals surface area (Å²) >= 11 is 0. The van der Waals surface area contributed by atoms with Crippen molar-refractivity contribution in [2.45, 2.75) is 13.0 Å². The standard InChI is InChI=1S/C13H17N3O2S/c1-9(8-19(2,17)18)16-12-5-6-15-13-7-10(14)3-4-11(12)13/h3-7,9H,8,14H2,1-2H3,(H,15,16). The molecule has 0 saturated carbocycles. The van der Waals surface area contributed by atoms with Gasteiger partial charge in [-0.25, -0.2) is 8.42 Å². The molecule has 2 rings (SSSR count). The van der Waals surface area contributed by atoms with Gasteiger partial charge in [0.15, 0.2) is 0 Å². The number of benzene rings is 1. The molecule has 0 amide bonds. The Kier molecular flexibility index (Phi) is 3.61. The van der Waals surface area contributed by atoms with E-state index < -0.39 is 9.84 Å². The van der Waals surface area contributed by atoms with Gasteiger partial charge in [-0.3, -0.25) is 4.98 Å². The first-order chi connectivity index (χ1) is 8.85. The quantitative estimate of drug-likeness (QED) is 0.831. The molecule has 1 aromatic heterocycles. The van der Waals surface area contributed by atoms with Crippen LogP contribution in [0.3, 0.4) is 0 Å². The van der Waals surface area contributed by atoms with Gasteiger partial charge < -0.3 is 11.1 Å². The second-order valence-electron chi connectivity index (χ2n) is 4.77. The first-order valence-electron chi connectivity index (χ1n) is 5.94. The molecule has 0 aliphatic carbocycles. The predicted molar refractivity (Wildman–Crippen MR) is 79.0 cm³/mol. The molecule has 0 bridgehead atoms. The molecule has 3 N–H and O–H groups in total. The third-order valence-corrected chi connectivity index (χ3v) is 3.83. The Balaban J connectivity index is 2.30. The van der Waals surface area contributed by atoms with Crippen LogP contribution in [0, 0.1) is 0 Å². The number of nitrogens with one attached hydrogen (secondary N) is 1. The largest absolute Gasteiger partial charge is 0.399 e. The highest BCUT2D eigenvalue weighted by atomic mass is 32.2. The van der Waals surface area contributed by atoms with Crippen molar-refractivity contribution in [3.8, 4) is 0 Å². The summed E-state index contributed by atoms with van der Waals surface area (Å²) in [6.45, 7) is 1.84. The molecule has 0 saturated heterocycles. The SMILES string of the molecule is CC(CS(C)(=O)=O)Nc1ccnc2cc(N)ccc12. The highest BCUT2D eigenvalue weighted by Gasteiger charge is 2.11. The molecule has 5 nitrogen and oxygen atoms in total. The van der Waals surface area contributed by atoms with Gasteiger partial charge in [-0.1, -0.05) is 0 Å². The third-order valence-electron chi connectivity index (χ3n) is 2.72. The zero-order valence-corrected chi connectivity index (χ0v) is 11.7. The summed E-state index contributed by atoms with van der Waals surface area (Å²) in [5.41, 5.74) is 8.02. The van der Waals surface area contributed by atoms with Crippen LogP contribution in [0.4, 0.5) is 11.4 Å². The van der Waals surface area contributed by atoms with Gasteiger partial charge in [-0.15, -0.1) is 0 Å². The molecular formula is C13H17N3O2S. The van der Waals surface area contributed by atoms with E-state index in [-0.39, 0.29) is 11.8 Å². The second kappa shape index (κ2) is 5.05. The normalized spacial score (nSPS) is 13.4. The summed E-state index contributed by atoms with van der Waals surface area (Å²) in [4.78, 5) is 4.25. The number of aromatic nitrogens is 1. The maximum atomic E-state index is 11.3. The van der Waals surface area contributed by atoms with Crippen LogP contribution in [0.15, 0.2) is 30.5 Å². The summed E-state index contributed by atoms with van der Waals surface area (Å²) in [7, 11) is -3.00. The zero-order chi connectivity index (χ0) is 14.0. The Hall–Kier alpha value is -1.82. The first-order valence-corrected chi connectivity index (χ1v) is 8.00. The number of fused-ring (bicyclic) bond motifs is 1. The fourth-order valence-electron chi connectivity index (χ4n) is 2.05. The van der Waals surface area contributed by atoms with Crippen LogP contribution >= 0.6 is 0 Å². The molecular weight excluding hydrogens is 262 g/mol. The highest BCUT2D eigenvalue weighted by Crippen LogP contribution is 2.23. The van der Waals surface area contributed by atoms with Crippen LogP contribution in [0.5, 0.6) is 0 Å². The van der Waals surface area contributed by atoms with Crippen molar-refractivity contribution >= 4 is 32.1 Å². The van der Waals surface area contributed by atoms with Crippen molar-refractivity contribution in [1.82, 2.24) is 4.98 Å². The molecule has 1 heterocycles. The van der Waals surface area contributed by atoms with E-state index in [9.17, 15) is 8.42 Å². The molecule has 0 fully saturated rings. The molecule has 102 valence electrons. The van der Waals surface area contributed by atoms with E-state index in [1.165, 1.54) is 6.26 Å². The minimum absolute atomic E-state index is 0.0891. The van der Waals surface area contributed by atoms with Gasteiger partial charge in [0, 0.05) is 35.3 Å². The van der Waals surface area contributed by atoms with Gasteiger partial charge in [-0.05, 0) is 31.2 Å². The lowest BCUT2D eigenvalue weighted by molar-refractivity contribution is 0.598. The molecule has 1 aromatic carbocycles. The van der Waals surface area contributed by atoms with E-state index in [2.05, 4.69) is 10.3 Å². The van der Waals surface area contributed by atoms with Gasteiger partial charge in [0.05, 0.1) is 11.3 Å². The number of hydrogen-bond acceptors (Lipinski definition) is 5. The van der Waals surface area contributed by atoms with Crippen molar-refractivity contribution in [2.24, 2.45) is 0 Å². The molecule has 0 aliphatic rings. The van der Waals surface area contributed by atoms with Crippen LogP contribution in [0.1, 0.15) is 6.92 Å². The molecule has 0 radical (unpaired) electrons. The molecule has 6 heteroatoms. The topological polar surface area (TPSA) is 85.1 Å². The van der Waals surface area contributed by atoms with Crippen molar-refractivity contribution in [3.05, 3.63) is 30.5 Å². The maximum Gasteiger partial charge on any atom is 0.149 e. The summed E-state index contributed by atoms with van der Waals surface area (Å²) in [5.74, 6) is 0.0891. The lowest BCUT2D eigenvalue weighted by atomic mass is 10.1. The van der Waals surface area contributed by atoms with Gasteiger partial charge in [0.25, 0.3) is 0 Å². The number of nitrogens with two attached hydrogens (primary N) is 1. The lowest BCUT2D eigenvalue weighted by Gasteiger charge is -2.15. The summed E-state index contributed by atoms with van der Waals surface area (Å²) in [6.07, 6.45) is 2.91. The molecule has 19 heavy (non-hydrogen) atoms. The molecule has 0 spiro atoms. The van der Waals surface area contributed by atoms with Gasteiger partial charge >= 0.3 is 0 Å². The van der Waals surface area contributed by atoms with Crippen LogP contribution in [-0.2, 0) is 9.84 Å². The van der Waals surface area contributed by atoms with Crippen LogP contribution < -0.4 is 11.1 Å². The predicted octanol–water partition coefficient (Wildman–Crippen LogP) is 1.66. The number of nitrogens with zero attached hydrogens (tertiary/aromatic N) is 1. The Bertz CT molecular complexity index is 698. The fourth-order valence-corrected chi connectivity index (χ4v) is 3.04. The van der Waals surface area contributed by atoms with Crippen molar-refractivity contribution in [3.63, 3.8) is 0 Å². The van der Waals surface area contributed by atoms with Crippen LogP contribution in [-0.4, -0.2) is 31.5 Å². The van der Waals surface area contributed by atoms with E-state index >= 15 is 0 Å². The van der Waals surface area contributed by atoms with E-state index in [0.29, 0.717) is 5.69 Å². The smallest absolute Gasteiger partial charge is 0.149 e. The number of nitrogen functional groups attached to an aromatic ring is 1. The van der Waals surface area contributed by atoms with Crippen molar-refractivity contribution < 1.29 is 8.42 Å². The van der Waals surface area contributed by atoms with Gasteiger partial charge in [0.1, 0.15) is 9.84 Å². The highest BCUT2D eigenvalue weighted by molar-refractivity contribution is 7.90. The molecule has 0 aliphatic heterocycles. The van der Waals surface area contributed by atoms with Gasteiger partial charge in [-0.2, -0.15) is 0 Å². The van der Waals surface area contributed by atoms with E-state index in [1.807, 2.05) is 19.1 Å². The summed E-state index contributed by atoms with van der Waals surface area (Å²) in [5, 5.41) is 4.13. The second-order valence-corrected chi connectivity index (χ2v) is 6.96. The Labute approximate surface area is 112 Å². The van der Waals surface area contributed by atoms with Crippen molar-refractivity contribution in [1.29, 1.82) is 0 Å². The average Bonchev–Trinajstić information content (AvgIpc) is 2.26. The van der Waals surface area contributed by atoms with Gasteiger partial charge in [0.2, 0.25) is 0 Å².